The summed E-state index contributed by atoms with van der Waals surface area (Å²) in [5.74, 6) is 1.56. The SMILES string of the molecule is CCn1c(-c2ccccc2-c2ccc(C)cc2C)nc2cc(-c3nc(=S)o[nH]3)ccc21. The Hall–Kier alpha value is -3.51. The second kappa shape index (κ2) is 7.63. The number of aryl methyl sites for hydroxylation is 3. The molecule has 5 rings (SSSR count). The highest BCUT2D eigenvalue weighted by Crippen LogP contribution is 2.36. The molecule has 5 aromatic rings. The molecule has 1 N–H and O–H groups in total. The molecule has 0 unspecified atom stereocenters. The van der Waals surface area contributed by atoms with Crippen molar-refractivity contribution in [3.05, 3.63) is 76.6 Å². The summed E-state index contributed by atoms with van der Waals surface area (Å²) >= 11 is 4.99. The summed E-state index contributed by atoms with van der Waals surface area (Å²) in [6, 6.07) is 21.2. The fourth-order valence-electron chi connectivity index (χ4n) is 4.18. The zero-order valence-corrected chi connectivity index (χ0v) is 18.5. The molecule has 0 fully saturated rings. The van der Waals surface area contributed by atoms with Crippen molar-refractivity contribution in [3.8, 4) is 33.9 Å². The summed E-state index contributed by atoms with van der Waals surface area (Å²) in [6.07, 6.45) is 0. The molecule has 0 atom stereocenters. The predicted molar refractivity (Wildman–Crippen MR) is 126 cm³/mol. The van der Waals surface area contributed by atoms with E-state index >= 15 is 0 Å². The summed E-state index contributed by atoms with van der Waals surface area (Å²) in [6.45, 7) is 7.25. The van der Waals surface area contributed by atoms with Gasteiger partial charge in [-0.15, -0.1) is 0 Å². The number of rotatable bonds is 4. The average molecular weight is 427 g/mol. The molecular formula is C25H22N4OS. The molecule has 0 radical (unpaired) electrons. The van der Waals surface area contributed by atoms with E-state index in [-0.39, 0.29) is 4.84 Å². The number of H-pyrrole nitrogens is 1. The van der Waals surface area contributed by atoms with E-state index in [2.05, 4.69) is 84.0 Å². The maximum Gasteiger partial charge on any atom is 0.314 e. The van der Waals surface area contributed by atoms with Crippen molar-refractivity contribution in [1.29, 1.82) is 0 Å². The number of imidazole rings is 1. The monoisotopic (exact) mass is 426 g/mol. The lowest BCUT2D eigenvalue weighted by molar-refractivity contribution is 0.406. The highest BCUT2D eigenvalue weighted by molar-refractivity contribution is 7.71. The number of nitrogens with zero attached hydrogens (tertiary/aromatic N) is 3. The maximum atomic E-state index is 5.09. The molecule has 0 aliphatic heterocycles. The molecule has 2 heterocycles. The summed E-state index contributed by atoms with van der Waals surface area (Å²) in [7, 11) is 0. The van der Waals surface area contributed by atoms with Gasteiger partial charge >= 0.3 is 4.84 Å². The molecule has 154 valence electrons. The van der Waals surface area contributed by atoms with Gasteiger partial charge in [-0.05, 0) is 67.9 Å². The van der Waals surface area contributed by atoms with Crippen LogP contribution < -0.4 is 0 Å². The molecule has 0 aliphatic rings. The van der Waals surface area contributed by atoms with Crippen molar-refractivity contribution in [2.75, 3.05) is 0 Å². The number of aromatic nitrogens is 4. The Labute approximate surface area is 185 Å². The fraction of sp³-hybridized carbons (Fsp3) is 0.160. The standard InChI is InChI=1S/C25H22N4OS/c1-4-29-22-12-10-17(23-27-25(31)30-28-23)14-21(22)26-24(29)20-8-6-5-7-19(20)18-11-9-15(2)13-16(18)3/h5-14H,4H2,1-3H3,(H,27,28,31). The Morgan fingerprint density at radius 3 is 2.45 bits per heavy atom. The van der Waals surface area contributed by atoms with Gasteiger partial charge in [-0.25, -0.2) is 10.1 Å². The zero-order valence-electron chi connectivity index (χ0n) is 17.6. The van der Waals surface area contributed by atoms with E-state index in [1.165, 1.54) is 22.3 Å². The highest BCUT2D eigenvalue weighted by atomic mass is 32.1. The smallest absolute Gasteiger partial charge is 0.314 e. The van der Waals surface area contributed by atoms with Crippen molar-refractivity contribution >= 4 is 23.3 Å². The quantitative estimate of drug-likeness (QED) is 0.324. The van der Waals surface area contributed by atoms with Crippen LogP contribution >= 0.6 is 12.2 Å². The van der Waals surface area contributed by atoms with E-state index in [1.54, 1.807) is 0 Å². The Kier molecular flexibility index (Phi) is 4.79. The van der Waals surface area contributed by atoms with Crippen LogP contribution in [0, 0.1) is 18.7 Å². The van der Waals surface area contributed by atoms with Crippen LogP contribution in [0.1, 0.15) is 18.1 Å². The van der Waals surface area contributed by atoms with E-state index in [0.29, 0.717) is 5.82 Å². The van der Waals surface area contributed by atoms with Crippen molar-refractivity contribution in [1.82, 2.24) is 19.7 Å². The van der Waals surface area contributed by atoms with Crippen LogP contribution in [0.4, 0.5) is 0 Å². The minimum Gasteiger partial charge on any atom is -0.348 e. The minimum atomic E-state index is 0.192. The molecule has 2 aromatic heterocycles. The predicted octanol–water partition coefficient (Wildman–Crippen LogP) is 6.72. The normalized spacial score (nSPS) is 11.3. The van der Waals surface area contributed by atoms with Crippen molar-refractivity contribution in [2.24, 2.45) is 0 Å². The zero-order chi connectivity index (χ0) is 21.5. The van der Waals surface area contributed by atoms with Crippen LogP contribution in [0.25, 0.3) is 44.9 Å². The Balaban J connectivity index is 1.71. The second-order valence-electron chi connectivity index (χ2n) is 7.68. The first-order chi connectivity index (χ1) is 15.0. The van der Waals surface area contributed by atoms with Gasteiger partial charge in [-0.3, -0.25) is 0 Å². The number of hydrogen-bond acceptors (Lipinski definition) is 4. The van der Waals surface area contributed by atoms with Gasteiger partial charge in [0.15, 0.2) is 5.82 Å². The van der Waals surface area contributed by atoms with Crippen LogP contribution in [0.2, 0.25) is 0 Å². The van der Waals surface area contributed by atoms with Gasteiger partial charge in [-0.2, -0.15) is 4.98 Å². The lowest BCUT2D eigenvalue weighted by Gasteiger charge is -2.14. The molecular weight excluding hydrogens is 404 g/mol. The van der Waals surface area contributed by atoms with Gasteiger partial charge in [0, 0.05) is 17.7 Å². The van der Waals surface area contributed by atoms with Crippen LogP contribution in [0.5, 0.6) is 0 Å². The molecule has 31 heavy (non-hydrogen) atoms. The van der Waals surface area contributed by atoms with E-state index in [4.69, 9.17) is 21.7 Å². The van der Waals surface area contributed by atoms with Crippen molar-refractivity contribution < 1.29 is 4.52 Å². The number of fused-ring (bicyclic) bond motifs is 1. The molecule has 0 amide bonds. The average Bonchev–Trinajstić information content (AvgIpc) is 3.36. The largest absolute Gasteiger partial charge is 0.348 e. The first kappa shape index (κ1) is 19.5. The number of aromatic amines is 1. The maximum absolute atomic E-state index is 5.09. The molecule has 6 heteroatoms. The second-order valence-corrected chi connectivity index (χ2v) is 8.03. The van der Waals surface area contributed by atoms with Crippen LogP contribution in [0.15, 0.2) is 65.2 Å². The van der Waals surface area contributed by atoms with Crippen LogP contribution in [-0.2, 0) is 6.54 Å². The lowest BCUT2D eigenvalue weighted by Crippen LogP contribution is -1.99. The molecule has 0 bridgehead atoms. The Morgan fingerprint density at radius 1 is 0.935 bits per heavy atom. The lowest BCUT2D eigenvalue weighted by atomic mass is 9.94. The first-order valence-corrected chi connectivity index (χ1v) is 10.7. The summed E-state index contributed by atoms with van der Waals surface area (Å²) in [5.41, 5.74) is 8.94. The molecule has 5 nitrogen and oxygen atoms in total. The van der Waals surface area contributed by atoms with E-state index in [9.17, 15) is 0 Å². The number of hydrogen-bond donors (Lipinski definition) is 1. The molecule has 0 saturated heterocycles. The summed E-state index contributed by atoms with van der Waals surface area (Å²) in [4.78, 5) is 9.46. The fourth-order valence-corrected chi connectivity index (χ4v) is 4.32. The molecule has 3 aromatic carbocycles. The van der Waals surface area contributed by atoms with Gasteiger partial charge in [0.1, 0.15) is 5.82 Å². The van der Waals surface area contributed by atoms with E-state index in [1.807, 2.05) is 12.1 Å². The third kappa shape index (κ3) is 3.39. The first-order valence-electron chi connectivity index (χ1n) is 10.3. The number of nitrogens with one attached hydrogen (secondary N) is 1. The highest BCUT2D eigenvalue weighted by Gasteiger charge is 2.17. The van der Waals surface area contributed by atoms with E-state index in [0.717, 1.165) is 34.5 Å². The van der Waals surface area contributed by atoms with Crippen LogP contribution in [0.3, 0.4) is 0 Å². The van der Waals surface area contributed by atoms with Crippen LogP contribution in [-0.4, -0.2) is 19.7 Å². The number of benzene rings is 3. The van der Waals surface area contributed by atoms with Gasteiger partial charge in [0.05, 0.1) is 11.0 Å². The summed E-state index contributed by atoms with van der Waals surface area (Å²) < 4.78 is 7.34. The third-order valence-electron chi connectivity index (χ3n) is 5.62. The molecule has 0 aliphatic carbocycles. The van der Waals surface area contributed by atoms with Crippen molar-refractivity contribution in [2.45, 2.75) is 27.3 Å². The van der Waals surface area contributed by atoms with Gasteiger partial charge < -0.3 is 9.09 Å². The molecule has 0 saturated carbocycles. The van der Waals surface area contributed by atoms with E-state index < -0.39 is 0 Å². The van der Waals surface area contributed by atoms with Gasteiger partial charge in [0.25, 0.3) is 0 Å². The third-order valence-corrected chi connectivity index (χ3v) is 5.79. The Morgan fingerprint density at radius 2 is 1.74 bits per heavy atom. The van der Waals surface area contributed by atoms with Crippen molar-refractivity contribution in [3.63, 3.8) is 0 Å². The summed E-state index contributed by atoms with van der Waals surface area (Å²) in [5, 5.41) is 2.77. The Bertz CT molecular complexity index is 1470. The molecule has 0 spiro atoms. The van der Waals surface area contributed by atoms with Gasteiger partial charge in [-0.1, -0.05) is 48.0 Å². The minimum absolute atomic E-state index is 0.192. The topological polar surface area (TPSA) is 59.6 Å². The van der Waals surface area contributed by atoms with Gasteiger partial charge in [0.2, 0.25) is 0 Å².